The third kappa shape index (κ3) is 8.10. The van der Waals surface area contributed by atoms with Crippen LogP contribution in [-0.4, -0.2) is 35.9 Å². The molecular weight excluding hydrogens is 540 g/mol. The largest absolute Gasteiger partial charge is 0.483 e. The molecular formula is C29H32BrClN2O3. The lowest BCUT2D eigenvalue weighted by Crippen LogP contribution is -2.52. The first-order chi connectivity index (χ1) is 17.2. The Balaban J connectivity index is 1.92. The molecule has 0 heterocycles. The first-order valence-corrected chi connectivity index (χ1v) is 13.1. The maximum Gasteiger partial charge on any atom is 0.261 e. The molecule has 0 radical (unpaired) electrons. The summed E-state index contributed by atoms with van der Waals surface area (Å²) in [7, 11) is 0. The topological polar surface area (TPSA) is 58.6 Å². The van der Waals surface area contributed by atoms with Gasteiger partial charge in [0, 0.05) is 24.5 Å². The summed E-state index contributed by atoms with van der Waals surface area (Å²) in [5.41, 5.74) is 3.01. The maximum absolute atomic E-state index is 13.7. The molecule has 0 saturated heterocycles. The maximum atomic E-state index is 13.7. The van der Waals surface area contributed by atoms with Gasteiger partial charge in [0.25, 0.3) is 5.91 Å². The number of carbonyl (C=O) groups is 2. The zero-order valence-corrected chi connectivity index (χ0v) is 23.2. The van der Waals surface area contributed by atoms with Crippen LogP contribution in [0.15, 0.2) is 77.3 Å². The molecule has 0 aliphatic heterocycles. The summed E-state index contributed by atoms with van der Waals surface area (Å²) in [5.74, 6) is 0.341. The van der Waals surface area contributed by atoms with Crippen molar-refractivity contribution in [2.45, 2.75) is 39.8 Å². The van der Waals surface area contributed by atoms with Crippen molar-refractivity contribution >= 4 is 39.3 Å². The van der Waals surface area contributed by atoms with Crippen molar-refractivity contribution in [1.82, 2.24) is 10.2 Å². The number of aryl methyl sites for hydroxylation is 1. The lowest BCUT2D eigenvalue weighted by atomic mass is 10.0. The molecule has 3 aromatic carbocycles. The molecule has 0 aliphatic carbocycles. The van der Waals surface area contributed by atoms with Crippen LogP contribution in [0.2, 0.25) is 5.02 Å². The van der Waals surface area contributed by atoms with E-state index in [0.717, 1.165) is 16.7 Å². The number of nitrogens with zero attached hydrogens (tertiary/aromatic N) is 1. The standard InChI is InChI=1S/C29H32BrClN2O3/c1-20(2)17-32-29(35)26(15-22-10-5-4-6-11-22)33(18-23-12-8-7-9-21(23)3)28(34)19-36-27-14-13-24(31)16-25(27)30/h4-14,16,20,26H,15,17-19H2,1-3H3,(H,32,35). The average molecular weight is 572 g/mol. The van der Waals surface area contributed by atoms with Crippen LogP contribution < -0.4 is 10.1 Å². The van der Waals surface area contributed by atoms with E-state index in [2.05, 4.69) is 21.2 Å². The number of halogens is 2. The highest BCUT2D eigenvalue weighted by atomic mass is 79.9. The number of ether oxygens (including phenoxy) is 1. The minimum absolute atomic E-state index is 0.179. The molecule has 0 saturated carbocycles. The molecule has 1 unspecified atom stereocenters. The van der Waals surface area contributed by atoms with Crippen molar-refractivity contribution in [3.8, 4) is 5.75 Å². The highest BCUT2D eigenvalue weighted by molar-refractivity contribution is 9.10. The van der Waals surface area contributed by atoms with E-state index in [1.807, 2.05) is 75.4 Å². The molecule has 0 fully saturated rings. The van der Waals surface area contributed by atoms with Gasteiger partial charge in [0.05, 0.1) is 4.47 Å². The van der Waals surface area contributed by atoms with Crippen LogP contribution >= 0.6 is 27.5 Å². The molecule has 1 atom stereocenters. The van der Waals surface area contributed by atoms with Gasteiger partial charge in [0.15, 0.2) is 6.61 Å². The van der Waals surface area contributed by atoms with Crippen molar-refractivity contribution < 1.29 is 14.3 Å². The third-order valence-corrected chi connectivity index (χ3v) is 6.66. The van der Waals surface area contributed by atoms with Gasteiger partial charge in [-0.25, -0.2) is 0 Å². The highest BCUT2D eigenvalue weighted by Gasteiger charge is 2.31. The van der Waals surface area contributed by atoms with Gasteiger partial charge in [-0.15, -0.1) is 0 Å². The van der Waals surface area contributed by atoms with E-state index in [-0.39, 0.29) is 24.3 Å². The molecule has 0 spiro atoms. The van der Waals surface area contributed by atoms with Crippen LogP contribution in [0.1, 0.15) is 30.5 Å². The Bertz CT molecular complexity index is 1170. The summed E-state index contributed by atoms with van der Waals surface area (Å²) < 4.78 is 6.51. The first-order valence-electron chi connectivity index (χ1n) is 12.0. The van der Waals surface area contributed by atoms with Gasteiger partial charge in [0.2, 0.25) is 5.91 Å². The molecule has 0 aromatic heterocycles. The van der Waals surface area contributed by atoms with Gasteiger partial charge < -0.3 is 15.0 Å². The lowest BCUT2D eigenvalue weighted by molar-refractivity contribution is -0.142. The SMILES string of the molecule is Cc1ccccc1CN(C(=O)COc1ccc(Cl)cc1Br)C(Cc1ccccc1)C(=O)NCC(C)C. The molecule has 2 amide bonds. The quantitative estimate of drug-likeness (QED) is 0.298. The minimum atomic E-state index is -0.699. The predicted molar refractivity (Wildman–Crippen MR) is 148 cm³/mol. The van der Waals surface area contributed by atoms with Gasteiger partial charge in [-0.2, -0.15) is 0 Å². The van der Waals surface area contributed by atoms with Crippen molar-refractivity contribution in [3.05, 3.63) is 99.0 Å². The zero-order chi connectivity index (χ0) is 26.1. The summed E-state index contributed by atoms with van der Waals surface area (Å²) in [5, 5.41) is 3.59. The van der Waals surface area contributed by atoms with E-state index in [0.29, 0.717) is 34.8 Å². The van der Waals surface area contributed by atoms with E-state index < -0.39 is 6.04 Å². The van der Waals surface area contributed by atoms with Crippen LogP contribution in [0.3, 0.4) is 0 Å². The lowest BCUT2D eigenvalue weighted by Gasteiger charge is -2.32. The van der Waals surface area contributed by atoms with Crippen LogP contribution in [-0.2, 0) is 22.6 Å². The number of nitrogens with one attached hydrogen (secondary N) is 1. The summed E-state index contributed by atoms with van der Waals surface area (Å²) in [6.45, 7) is 6.70. The van der Waals surface area contributed by atoms with Gasteiger partial charge in [-0.05, 0) is 63.7 Å². The van der Waals surface area contributed by atoms with Crippen LogP contribution in [0.25, 0.3) is 0 Å². The van der Waals surface area contributed by atoms with Crippen molar-refractivity contribution in [3.63, 3.8) is 0 Å². The average Bonchev–Trinajstić information content (AvgIpc) is 2.85. The monoisotopic (exact) mass is 570 g/mol. The second-order valence-electron chi connectivity index (χ2n) is 9.16. The van der Waals surface area contributed by atoms with Crippen LogP contribution in [0.5, 0.6) is 5.75 Å². The first kappa shape index (κ1) is 27.8. The summed E-state index contributed by atoms with van der Waals surface area (Å²) >= 11 is 9.46. The molecule has 0 aliphatic rings. The molecule has 3 rings (SSSR count). The van der Waals surface area contributed by atoms with Crippen molar-refractivity contribution in [1.29, 1.82) is 0 Å². The zero-order valence-electron chi connectivity index (χ0n) is 20.8. The Kier molecular flexibility index (Phi) is 10.4. The number of rotatable bonds is 11. The summed E-state index contributed by atoms with van der Waals surface area (Å²) in [4.78, 5) is 28.8. The van der Waals surface area contributed by atoms with Gasteiger partial charge >= 0.3 is 0 Å². The predicted octanol–water partition coefficient (Wildman–Crippen LogP) is 6.20. The van der Waals surface area contributed by atoms with Gasteiger partial charge in [-0.1, -0.05) is 80.0 Å². The van der Waals surface area contributed by atoms with E-state index in [1.165, 1.54) is 0 Å². The normalized spacial score (nSPS) is 11.7. The summed E-state index contributed by atoms with van der Waals surface area (Å²) in [6, 6.07) is 22.1. The van der Waals surface area contributed by atoms with Crippen molar-refractivity contribution in [2.75, 3.05) is 13.2 Å². The van der Waals surface area contributed by atoms with Gasteiger partial charge in [0.1, 0.15) is 11.8 Å². The van der Waals surface area contributed by atoms with E-state index >= 15 is 0 Å². The number of amides is 2. The van der Waals surface area contributed by atoms with E-state index in [4.69, 9.17) is 16.3 Å². The minimum Gasteiger partial charge on any atom is -0.483 e. The second kappa shape index (κ2) is 13.5. The molecule has 7 heteroatoms. The third-order valence-electron chi connectivity index (χ3n) is 5.80. The second-order valence-corrected chi connectivity index (χ2v) is 10.4. The van der Waals surface area contributed by atoms with E-state index in [1.54, 1.807) is 23.1 Å². The fraction of sp³-hybridized carbons (Fsp3) is 0.310. The molecule has 0 bridgehead atoms. The summed E-state index contributed by atoms with van der Waals surface area (Å²) in [6.07, 6.45) is 0.396. The van der Waals surface area contributed by atoms with Gasteiger partial charge in [-0.3, -0.25) is 9.59 Å². The van der Waals surface area contributed by atoms with Crippen LogP contribution in [0.4, 0.5) is 0 Å². The fourth-order valence-corrected chi connectivity index (χ4v) is 4.56. The fourth-order valence-electron chi connectivity index (χ4n) is 3.76. The Morgan fingerprint density at radius 3 is 2.39 bits per heavy atom. The number of hydrogen-bond acceptors (Lipinski definition) is 3. The molecule has 5 nitrogen and oxygen atoms in total. The Labute approximate surface area is 226 Å². The van der Waals surface area contributed by atoms with Crippen molar-refractivity contribution in [2.24, 2.45) is 5.92 Å². The molecule has 36 heavy (non-hydrogen) atoms. The Hall–Kier alpha value is -2.83. The number of benzene rings is 3. The Morgan fingerprint density at radius 1 is 1.03 bits per heavy atom. The number of carbonyl (C=O) groups excluding carboxylic acids is 2. The highest BCUT2D eigenvalue weighted by Crippen LogP contribution is 2.28. The van der Waals surface area contributed by atoms with Crippen LogP contribution in [0, 0.1) is 12.8 Å². The molecule has 190 valence electrons. The molecule has 3 aromatic rings. The van der Waals surface area contributed by atoms with E-state index in [9.17, 15) is 9.59 Å². The smallest absolute Gasteiger partial charge is 0.261 e. The Morgan fingerprint density at radius 2 is 1.72 bits per heavy atom. The number of hydrogen-bond donors (Lipinski definition) is 1. The molecule has 1 N–H and O–H groups in total.